The van der Waals surface area contributed by atoms with Gasteiger partial charge in [0.15, 0.2) is 0 Å². The average molecular weight is 786 g/mol. The number of fused-ring (bicyclic) bond motifs is 9. The molecule has 1 aliphatic rings. The van der Waals surface area contributed by atoms with Crippen LogP contribution in [-0.2, 0) is 5.41 Å². The number of benzene rings is 9. The fraction of sp³-hybridized carbons (Fsp3) is 0.0526. The van der Waals surface area contributed by atoms with Crippen LogP contribution in [0.3, 0.4) is 0 Å². The van der Waals surface area contributed by atoms with E-state index < -0.39 is 0 Å². The molecule has 2 nitrogen and oxygen atoms in total. The Morgan fingerprint density at radius 3 is 1.87 bits per heavy atom. The summed E-state index contributed by atoms with van der Waals surface area (Å²) in [5.74, 6) is 0. The van der Waals surface area contributed by atoms with Crippen LogP contribution in [0, 0.1) is 0 Å². The van der Waals surface area contributed by atoms with E-state index in [1.807, 2.05) is 11.3 Å². The number of nitrogens with zero attached hydrogens (tertiary/aromatic N) is 1. The zero-order valence-corrected chi connectivity index (χ0v) is 34.1. The van der Waals surface area contributed by atoms with E-state index in [1.54, 1.807) is 0 Å². The molecule has 3 heteroatoms. The highest BCUT2D eigenvalue weighted by Crippen LogP contribution is 2.54. The highest BCUT2D eigenvalue weighted by molar-refractivity contribution is 7.26. The zero-order valence-electron chi connectivity index (χ0n) is 33.3. The zero-order chi connectivity index (χ0) is 40.0. The van der Waals surface area contributed by atoms with E-state index in [1.165, 1.54) is 70.2 Å². The number of furan rings is 1. The van der Waals surface area contributed by atoms with E-state index >= 15 is 0 Å². The molecule has 2 aromatic heterocycles. The summed E-state index contributed by atoms with van der Waals surface area (Å²) in [5.41, 5.74) is 17.5. The standard InChI is InChI=1S/C57H39NOS/c1-57(2)47-23-12-21-42(37-17-8-4-9-18-37)54(47)44-30-28-41(35-48(44)57)58(40-29-32-52-46(34-40)55-43(22-13-26-53(55)60-52)38-19-10-5-11-20-38)49-24-14-25-51-56(49)45-33-39(27-31-50(45)59-51)36-15-6-3-7-16-36/h3-35H,1-2H3. The lowest BCUT2D eigenvalue weighted by atomic mass is 9.81. The van der Waals surface area contributed by atoms with Crippen LogP contribution in [0.2, 0.25) is 0 Å². The lowest BCUT2D eigenvalue weighted by Gasteiger charge is -2.28. The fourth-order valence-corrected chi connectivity index (χ4v) is 10.9. The van der Waals surface area contributed by atoms with Gasteiger partial charge in [-0.15, -0.1) is 11.3 Å². The molecule has 0 amide bonds. The van der Waals surface area contributed by atoms with Crippen molar-refractivity contribution in [2.24, 2.45) is 0 Å². The molecular formula is C57H39NOS. The molecule has 2 heterocycles. The SMILES string of the molecule is CC1(C)c2cc(N(c3ccc4sc5cccc(-c6ccccc6)c5c4c3)c3cccc4oc5ccc(-c6ccccc6)cc5c34)ccc2-c2c(-c3ccccc3)cccc21. The van der Waals surface area contributed by atoms with E-state index in [-0.39, 0.29) is 5.41 Å². The second-order valence-electron chi connectivity index (χ2n) is 16.4. The molecule has 0 saturated carbocycles. The number of rotatable bonds is 6. The van der Waals surface area contributed by atoms with Gasteiger partial charge in [0.05, 0.1) is 11.1 Å². The summed E-state index contributed by atoms with van der Waals surface area (Å²) < 4.78 is 9.23. The van der Waals surface area contributed by atoms with Crippen molar-refractivity contribution in [3.8, 4) is 44.5 Å². The maximum atomic E-state index is 6.67. The summed E-state index contributed by atoms with van der Waals surface area (Å²) in [5, 5.41) is 4.75. The van der Waals surface area contributed by atoms with Gasteiger partial charge in [-0.1, -0.05) is 153 Å². The van der Waals surface area contributed by atoms with Gasteiger partial charge in [0.25, 0.3) is 0 Å². The third-order valence-electron chi connectivity index (χ3n) is 12.7. The average Bonchev–Trinajstić information content (AvgIpc) is 3.94. The van der Waals surface area contributed by atoms with Crippen LogP contribution in [0.25, 0.3) is 86.6 Å². The van der Waals surface area contributed by atoms with Crippen molar-refractivity contribution < 1.29 is 4.42 Å². The lowest BCUT2D eigenvalue weighted by molar-refractivity contribution is 0.660. The van der Waals surface area contributed by atoms with Crippen LogP contribution in [0.4, 0.5) is 17.1 Å². The second kappa shape index (κ2) is 13.4. The molecule has 11 aromatic rings. The third-order valence-corrected chi connectivity index (χ3v) is 13.8. The summed E-state index contributed by atoms with van der Waals surface area (Å²) in [6.45, 7) is 4.76. The van der Waals surface area contributed by atoms with E-state index in [0.717, 1.165) is 44.6 Å². The molecule has 0 spiro atoms. The first-order valence-electron chi connectivity index (χ1n) is 20.7. The molecule has 0 fully saturated rings. The lowest BCUT2D eigenvalue weighted by Crippen LogP contribution is -2.16. The van der Waals surface area contributed by atoms with Crippen molar-refractivity contribution in [3.63, 3.8) is 0 Å². The Morgan fingerprint density at radius 2 is 1.08 bits per heavy atom. The molecule has 0 N–H and O–H groups in total. The van der Waals surface area contributed by atoms with Gasteiger partial charge in [0, 0.05) is 42.3 Å². The molecule has 0 radical (unpaired) electrons. The maximum absolute atomic E-state index is 6.67. The van der Waals surface area contributed by atoms with Crippen molar-refractivity contribution in [1.82, 2.24) is 0 Å². The minimum atomic E-state index is -0.214. The Hall–Kier alpha value is -7.20. The van der Waals surface area contributed by atoms with Crippen molar-refractivity contribution in [2.75, 3.05) is 4.90 Å². The van der Waals surface area contributed by atoms with E-state index in [4.69, 9.17) is 4.42 Å². The molecule has 0 aliphatic heterocycles. The van der Waals surface area contributed by atoms with Gasteiger partial charge in [-0.25, -0.2) is 0 Å². The van der Waals surface area contributed by atoms with Crippen LogP contribution in [0.15, 0.2) is 205 Å². The topological polar surface area (TPSA) is 16.4 Å². The van der Waals surface area contributed by atoms with Gasteiger partial charge in [0.2, 0.25) is 0 Å². The molecular weight excluding hydrogens is 747 g/mol. The van der Waals surface area contributed by atoms with Crippen LogP contribution in [-0.4, -0.2) is 0 Å². The summed E-state index contributed by atoms with van der Waals surface area (Å²) in [4.78, 5) is 2.47. The molecule has 0 atom stereocenters. The molecule has 0 saturated heterocycles. The fourth-order valence-electron chi connectivity index (χ4n) is 9.82. The highest BCUT2D eigenvalue weighted by atomic mass is 32.1. The van der Waals surface area contributed by atoms with Crippen molar-refractivity contribution in [1.29, 1.82) is 0 Å². The second-order valence-corrected chi connectivity index (χ2v) is 17.5. The summed E-state index contributed by atoms with van der Waals surface area (Å²) in [6, 6.07) is 73.0. The maximum Gasteiger partial charge on any atom is 0.137 e. The number of thiophene rings is 1. The Balaban J connectivity index is 1.12. The van der Waals surface area contributed by atoms with E-state index in [0.29, 0.717) is 0 Å². The normalized spacial score (nSPS) is 13.0. The monoisotopic (exact) mass is 785 g/mol. The molecule has 284 valence electrons. The molecule has 0 bridgehead atoms. The minimum Gasteiger partial charge on any atom is -0.456 e. The van der Waals surface area contributed by atoms with Crippen LogP contribution >= 0.6 is 11.3 Å². The summed E-state index contributed by atoms with van der Waals surface area (Å²) in [7, 11) is 0. The third kappa shape index (κ3) is 5.33. The Labute approximate surface area is 353 Å². The number of anilines is 3. The van der Waals surface area contributed by atoms with Gasteiger partial charge < -0.3 is 9.32 Å². The van der Waals surface area contributed by atoms with Crippen molar-refractivity contribution in [3.05, 3.63) is 211 Å². The smallest absolute Gasteiger partial charge is 0.137 e. The number of hydrogen-bond donors (Lipinski definition) is 0. The Kier molecular flexibility index (Phi) is 7.79. The summed E-state index contributed by atoms with van der Waals surface area (Å²) in [6.07, 6.45) is 0. The highest BCUT2D eigenvalue weighted by Gasteiger charge is 2.37. The molecule has 9 aromatic carbocycles. The van der Waals surface area contributed by atoms with Crippen molar-refractivity contribution >= 4 is 70.5 Å². The first-order chi connectivity index (χ1) is 29.5. The Bertz CT molecular complexity index is 3450. The van der Waals surface area contributed by atoms with Gasteiger partial charge in [-0.05, 0) is 116 Å². The van der Waals surface area contributed by atoms with Gasteiger partial charge in [-0.2, -0.15) is 0 Å². The van der Waals surface area contributed by atoms with Crippen LogP contribution < -0.4 is 4.90 Å². The molecule has 0 unspecified atom stereocenters. The first-order valence-corrected chi connectivity index (χ1v) is 21.5. The van der Waals surface area contributed by atoms with Crippen LogP contribution in [0.1, 0.15) is 25.0 Å². The molecule has 1 aliphatic carbocycles. The quantitative estimate of drug-likeness (QED) is 0.167. The molecule has 12 rings (SSSR count). The first kappa shape index (κ1) is 34.8. The largest absolute Gasteiger partial charge is 0.456 e. The van der Waals surface area contributed by atoms with Crippen molar-refractivity contribution in [2.45, 2.75) is 19.3 Å². The van der Waals surface area contributed by atoms with E-state index in [2.05, 4.69) is 219 Å². The van der Waals surface area contributed by atoms with Crippen LogP contribution in [0.5, 0.6) is 0 Å². The van der Waals surface area contributed by atoms with Gasteiger partial charge in [0.1, 0.15) is 11.2 Å². The predicted octanol–water partition coefficient (Wildman–Crippen LogP) is 16.7. The molecule has 60 heavy (non-hydrogen) atoms. The number of hydrogen-bond acceptors (Lipinski definition) is 3. The Morgan fingerprint density at radius 1 is 0.417 bits per heavy atom. The van der Waals surface area contributed by atoms with Gasteiger partial charge in [-0.3, -0.25) is 0 Å². The minimum absolute atomic E-state index is 0.214. The summed E-state index contributed by atoms with van der Waals surface area (Å²) >= 11 is 1.86. The predicted molar refractivity (Wildman–Crippen MR) is 255 cm³/mol. The van der Waals surface area contributed by atoms with E-state index in [9.17, 15) is 0 Å². The van der Waals surface area contributed by atoms with Gasteiger partial charge >= 0.3 is 0 Å².